The van der Waals surface area contributed by atoms with E-state index in [-0.39, 0.29) is 28.2 Å². The number of hydrogen-bond acceptors (Lipinski definition) is 5. The minimum absolute atomic E-state index is 0. The first kappa shape index (κ1) is 17.1. The number of aromatic carboxylic acids is 2. The molecular weight excluding hydrogens is 335 g/mol. The van der Waals surface area contributed by atoms with Crippen molar-refractivity contribution in [2.75, 3.05) is 0 Å². The van der Waals surface area contributed by atoms with Gasteiger partial charge in [0.25, 0.3) is 0 Å². The fourth-order valence-corrected chi connectivity index (χ4v) is 2.60. The van der Waals surface area contributed by atoms with E-state index in [0.29, 0.717) is 9.79 Å². The van der Waals surface area contributed by atoms with E-state index in [1.807, 2.05) is 0 Å². The summed E-state index contributed by atoms with van der Waals surface area (Å²) in [4.78, 5) is 22.0. The summed E-state index contributed by atoms with van der Waals surface area (Å²) in [5.41, 5.74) is -0.00361. The molecule has 5 nitrogen and oxygen atoms in total. The molecule has 0 aliphatic rings. The van der Waals surface area contributed by atoms with Crippen LogP contribution in [-0.2, 0) is 27.9 Å². The van der Waals surface area contributed by atoms with Gasteiger partial charge in [0.1, 0.15) is 0 Å². The van der Waals surface area contributed by atoms with Crippen LogP contribution in [0.15, 0.2) is 58.3 Å². The number of rotatable bonds is 4. The monoisotopic (exact) mass is 343 g/mol. The number of carboxylic acid groups (broad SMARTS) is 2. The molecule has 21 heavy (non-hydrogen) atoms. The summed E-state index contributed by atoms with van der Waals surface area (Å²) in [6.45, 7) is 0. The van der Waals surface area contributed by atoms with Gasteiger partial charge >= 0.3 is 17.1 Å². The summed E-state index contributed by atoms with van der Waals surface area (Å²) < 4.78 is 12.2. The average molecular weight is 343 g/mol. The second-order valence-corrected chi connectivity index (χ2v) is 5.37. The van der Waals surface area contributed by atoms with Gasteiger partial charge in [-0.1, -0.05) is 24.3 Å². The predicted molar refractivity (Wildman–Crippen MR) is 66.2 cm³/mol. The number of benzene rings is 2. The molecule has 0 bridgehead atoms. The van der Waals surface area contributed by atoms with Gasteiger partial charge in [-0.15, -0.1) is 0 Å². The van der Waals surface area contributed by atoms with Gasteiger partial charge in [-0.2, -0.15) is 0 Å². The van der Waals surface area contributed by atoms with Crippen LogP contribution < -0.4 is 10.2 Å². The maximum atomic E-state index is 12.2. The Kier molecular flexibility index (Phi) is 5.84. The van der Waals surface area contributed by atoms with Crippen LogP contribution in [0.5, 0.6) is 0 Å². The Balaban J connectivity index is 0.00000220. The van der Waals surface area contributed by atoms with Gasteiger partial charge in [0, 0.05) is 9.79 Å². The first-order valence-electron chi connectivity index (χ1n) is 5.53. The molecule has 0 aliphatic heterocycles. The van der Waals surface area contributed by atoms with Crippen LogP contribution in [0.25, 0.3) is 0 Å². The smallest absolute Gasteiger partial charge is 0.545 e. The Morgan fingerprint density at radius 2 is 1.00 bits per heavy atom. The number of carbonyl (C=O) groups is 2. The van der Waals surface area contributed by atoms with Crippen molar-refractivity contribution >= 4 is 22.7 Å². The van der Waals surface area contributed by atoms with E-state index < -0.39 is 22.7 Å². The Labute approximate surface area is 133 Å². The van der Waals surface area contributed by atoms with Crippen molar-refractivity contribution in [3.05, 3.63) is 59.7 Å². The second-order valence-electron chi connectivity index (χ2n) is 3.89. The molecule has 7 heteroatoms. The average Bonchev–Trinajstić information content (AvgIpc) is 2.46. The molecule has 0 amide bonds. The predicted octanol–water partition coefficient (Wildman–Crippen LogP) is -0.422. The van der Waals surface area contributed by atoms with Crippen molar-refractivity contribution in [1.82, 2.24) is 0 Å². The molecule has 1 radical (unpaired) electrons. The van der Waals surface area contributed by atoms with E-state index in [1.165, 1.54) is 48.5 Å². The van der Waals surface area contributed by atoms with E-state index >= 15 is 0 Å². The van der Waals surface area contributed by atoms with Crippen molar-refractivity contribution < 1.29 is 41.1 Å². The third-order valence-corrected chi connectivity index (χ3v) is 4.01. The molecule has 2 aromatic carbocycles. The Morgan fingerprint density at radius 1 is 0.714 bits per heavy atom. The first-order valence-corrected chi connectivity index (χ1v) is 6.68. The van der Waals surface area contributed by atoms with Crippen molar-refractivity contribution in [3.63, 3.8) is 0 Å². The second kappa shape index (κ2) is 7.17. The Bertz CT molecular complexity index is 620. The molecule has 0 saturated carbocycles. The molecular formula is C14H8MnO5S. The molecule has 0 unspecified atom stereocenters. The molecule has 2 aromatic rings. The molecule has 0 spiro atoms. The molecule has 0 saturated heterocycles. The fourth-order valence-electron chi connectivity index (χ4n) is 1.57. The summed E-state index contributed by atoms with van der Waals surface area (Å²) in [5, 5.41) is 21.2. The zero-order valence-corrected chi connectivity index (χ0v) is 12.4. The van der Waals surface area contributed by atoms with Gasteiger partial charge in [0.05, 0.1) is 22.7 Å². The van der Waals surface area contributed by atoms with E-state index in [9.17, 15) is 24.0 Å². The number of carbonyl (C=O) groups excluding carboxylic acids is 2. The molecule has 0 aliphatic carbocycles. The van der Waals surface area contributed by atoms with Gasteiger partial charge in [0.15, 0.2) is 0 Å². The van der Waals surface area contributed by atoms with Crippen molar-refractivity contribution in [1.29, 1.82) is 0 Å². The Morgan fingerprint density at radius 3 is 1.24 bits per heavy atom. The van der Waals surface area contributed by atoms with E-state index in [2.05, 4.69) is 0 Å². The van der Waals surface area contributed by atoms with Crippen LogP contribution in [0.2, 0.25) is 0 Å². The molecule has 107 valence electrons. The molecule has 0 N–H and O–H groups in total. The van der Waals surface area contributed by atoms with Gasteiger partial charge < -0.3 is 19.8 Å². The third kappa shape index (κ3) is 4.01. The quantitative estimate of drug-likeness (QED) is 0.702. The van der Waals surface area contributed by atoms with E-state index in [1.54, 1.807) is 0 Å². The van der Waals surface area contributed by atoms with Gasteiger partial charge in [-0.3, -0.25) is 0 Å². The molecule has 0 heterocycles. The van der Waals surface area contributed by atoms with Gasteiger partial charge in [-0.25, -0.2) is 4.21 Å². The van der Waals surface area contributed by atoms with Crippen molar-refractivity contribution in [2.45, 2.75) is 9.79 Å². The van der Waals surface area contributed by atoms with Crippen LogP contribution >= 0.6 is 0 Å². The molecule has 0 atom stereocenters. The molecule has 2 rings (SSSR count). The third-order valence-electron chi connectivity index (χ3n) is 2.61. The van der Waals surface area contributed by atoms with Crippen molar-refractivity contribution in [3.8, 4) is 0 Å². The normalized spacial score (nSPS) is 9.95. The minimum Gasteiger partial charge on any atom is -0.545 e. The van der Waals surface area contributed by atoms with Crippen LogP contribution in [0.4, 0.5) is 0 Å². The minimum atomic E-state index is -1.52. The zero-order valence-electron chi connectivity index (χ0n) is 10.4. The standard InChI is InChI=1S/C14H10O5S.Mn/c15-13(16)9-1-5-11(6-2-9)20(19)12-7-3-10(4-8-12)14(17)18;/h1-8H,(H,15,16)(H,17,18);/q;+2/p-2. The van der Waals surface area contributed by atoms with E-state index in [0.717, 1.165) is 0 Å². The number of hydrogen-bond donors (Lipinski definition) is 0. The Hall–Kier alpha value is -1.95. The van der Waals surface area contributed by atoms with Crippen LogP contribution in [-0.4, -0.2) is 16.1 Å². The van der Waals surface area contributed by atoms with Crippen LogP contribution in [0.3, 0.4) is 0 Å². The topological polar surface area (TPSA) is 97.3 Å². The summed E-state index contributed by atoms with van der Waals surface area (Å²) >= 11 is 0. The van der Waals surface area contributed by atoms with E-state index in [4.69, 9.17) is 0 Å². The maximum Gasteiger partial charge on any atom is 2.00 e. The number of carboxylic acids is 2. The molecule has 0 fully saturated rings. The van der Waals surface area contributed by atoms with Crippen molar-refractivity contribution in [2.24, 2.45) is 0 Å². The van der Waals surface area contributed by atoms with Crippen LogP contribution in [0, 0.1) is 0 Å². The SMILES string of the molecule is O=C([O-])c1ccc(S(=O)c2ccc(C(=O)[O-])cc2)cc1.[Mn+2]. The van der Waals surface area contributed by atoms with Gasteiger partial charge in [-0.05, 0) is 35.4 Å². The first-order chi connectivity index (χ1) is 9.49. The summed E-state index contributed by atoms with van der Waals surface area (Å²) in [6.07, 6.45) is 0. The summed E-state index contributed by atoms with van der Waals surface area (Å²) in [7, 11) is -1.52. The zero-order chi connectivity index (χ0) is 14.7. The summed E-state index contributed by atoms with van der Waals surface area (Å²) in [6, 6.07) is 10.9. The molecule has 0 aromatic heterocycles. The maximum absolute atomic E-state index is 12.2. The largest absolute Gasteiger partial charge is 2.00 e. The van der Waals surface area contributed by atoms with Gasteiger partial charge in [0.2, 0.25) is 0 Å². The van der Waals surface area contributed by atoms with Crippen LogP contribution in [0.1, 0.15) is 20.7 Å². The summed E-state index contributed by atoms with van der Waals surface area (Å²) in [5.74, 6) is -2.61. The fraction of sp³-hybridized carbons (Fsp3) is 0.